The lowest BCUT2D eigenvalue weighted by atomic mass is 10.1. The molecule has 1 aliphatic rings. The lowest BCUT2D eigenvalue weighted by molar-refractivity contribution is 0.0695. The summed E-state index contributed by atoms with van der Waals surface area (Å²) < 4.78 is 21.2. The molecule has 2 heterocycles. The summed E-state index contributed by atoms with van der Waals surface area (Å²) in [5.41, 5.74) is 5.73. The molecule has 0 radical (unpaired) electrons. The Kier molecular flexibility index (Phi) is 5.63. The van der Waals surface area contributed by atoms with Crippen molar-refractivity contribution < 1.29 is 28.6 Å². The maximum Gasteiger partial charge on any atom is 0.391 e. The summed E-state index contributed by atoms with van der Waals surface area (Å²) in [5.74, 6) is -1.86. The molecule has 1 unspecified atom stereocenters. The first-order valence-electron chi connectivity index (χ1n) is 9.33. The molecule has 4 rings (SSSR count). The second kappa shape index (κ2) is 8.24. The summed E-state index contributed by atoms with van der Waals surface area (Å²) in [5, 5.41) is 9.39. The number of nitrogens with two attached hydrogens (primary N) is 1. The SMILES string of the molecule is NC1CCN(c2cc3c(cc2F)c(=O)c(C(=O)O)cn3-c2ccc(OP(O)O)cc2)C1. The number of hydrogen-bond donors (Lipinski definition) is 4. The molecule has 9 nitrogen and oxygen atoms in total. The summed E-state index contributed by atoms with van der Waals surface area (Å²) in [6.45, 7) is 1.04. The van der Waals surface area contributed by atoms with Gasteiger partial charge in [-0.1, -0.05) is 0 Å². The van der Waals surface area contributed by atoms with Crippen LogP contribution in [0.4, 0.5) is 10.1 Å². The Morgan fingerprint density at radius 2 is 1.94 bits per heavy atom. The first-order valence-corrected chi connectivity index (χ1v) is 10.5. The van der Waals surface area contributed by atoms with Crippen LogP contribution in [0.15, 0.2) is 47.4 Å². The zero-order valence-electron chi connectivity index (χ0n) is 16.1. The van der Waals surface area contributed by atoms with Crippen molar-refractivity contribution in [3.63, 3.8) is 0 Å². The number of halogens is 1. The van der Waals surface area contributed by atoms with Crippen molar-refractivity contribution in [3.05, 3.63) is 64.2 Å². The highest BCUT2D eigenvalue weighted by Crippen LogP contribution is 2.31. The molecule has 11 heteroatoms. The molecule has 5 N–H and O–H groups in total. The second-order valence-corrected chi connectivity index (χ2v) is 7.89. The molecule has 0 bridgehead atoms. The molecule has 0 amide bonds. The van der Waals surface area contributed by atoms with Crippen LogP contribution in [-0.4, -0.2) is 44.6 Å². The van der Waals surface area contributed by atoms with Crippen LogP contribution in [0.5, 0.6) is 5.75 Å². The Labute approximate surface area is 176 Å². The van der Waals surface area contributed by atoms with Crippen molar-refractivity contribution >= 4 is 31.2 Å². The smallest absolute Gasteiger partial charge is 0.391 e. The topological polar surface area (TPSA) is 138 Å². The second-order valence-electron chi connectivity index (χ2n) is 7.20. The fourth-order valence-electron chi connectivity index (χ4n) is 3.71. The minimum Gasteiger partial charge on any atom is -0.477 e. The van der Waals surface area contributed by atoms with E-state index in [2.05, 4.69) is 0 Å². The Morgan fingerprint density at radius 1 is 1.23 bits per heavy atom. The van der Waals surface area contributed by atoms with E-state index in [1.165, 1.54) is 29.0 Å². The number of rotatable bonds is 5. The number of carbonyl (C=O) groups is 1. The lowest BCUT2D eigenvalue weighted by Gasteiger charge is -2.21. The fourth-order valence-corrected chi connectivity index (χ4v) is 4.02. The third-order valence-corrected chi connectivity index (χ3v) is 5.54. The van der Waals surface area contributed by atoms with Gasteiger partial charge in [-0.2, -0.15) is 0 Å². The Bertz CT molecular complexity index is 1210. The van der Waals surface area contributed by atoms with Crippen LogP contribution in [0, 0.1) is 5.82 Å². The van der Waals surface area contributed by atoms with Gasteiger partial charge in [0.05, 0.1) is 11.2 Å². The van der Waals surface area contributed by atoms with Crippen LogP contribution in [0.3, 0.4) is 0 Å². The number of carboxylic acid groups (broad SMARTS) is 1. The highest BCUT2D eigenvalue weighted by Gasteiger charge is 2.24. The van der Waals surface area contributed by atoms with Crippen LogP contribution in [0.1, 0.15) is 16.8 Å². The third-order valence-electron chi connectivity index (χ3n) is 5.17. The minimum absolute atomic E-state index is 0.0702. The molecular weight excluding hydrogens is 428 g/mol. The van der Waals surface area contributed by atoms with Gasteiger partial charge in [-0.3, -0.25) is 4.79 Å². The molecule has 0 saturated carbocycles. The monoisotopic (exact) mass is 447 g/mol. The standard InChI is InChI=1S/C20H19FN3O6P/c21-16-7-14-17(8-18(16)23-6-5-11(22)9-23)24(10-15(19(14)25)20(26)27)12-1-3-13(4-2-12)30-31(28)29/h1-4,7-8,10-11,28-29H,5-6,9,22H2,(H,26,27). The van der Waals surface area contributed by atoms with Gasteiger partial charge in [0, 0.05) is 36.4 Å². The van der Waals surface area contributed by atoms with E-state index in [1.54, 1.807) is 17.0 Å². The maximum atomic E-state index is 14.9. The van der Waals surface area contributed by atoms with Gasteiger partial charge in [0.25, 0.3) is 0 Å². The number of carboxylic acids is 1. The van der Waals surface area contributed by atoms with Crippen LogP contribution >= 0.6 is 8.60 Å². The van der Waals surface area contributed by atoms with Crippen LogP contribution in [-0.2, 0) is 0 Å². The number of benzene rings is 2. The number of pyridine rings is 1. The predicted molar refractivity (Wildman–Crippen MR) is 113 cm³/mol. The highest BCUT2D eigenvalue weighted by molar-refractivity contribution is 7.39. The molecule has 31 heavy (non-hydrogen) atoms. The van der Waals surface area contributed by atoms with Gasteiger partial charge in [-0.25, -0.2) is 9.18 Å². The van der Waals surface area contributed by atoms with Crippen molar-refractivity contribution in [1.82, 2.24) is 4.57 Å². The van der Waals surface area contributed by atoms with Crippen molar-refractivity contribution in [2.75, 3.05) is 18.0 Å². The number of anilines is 1. The van der Waals surface area contributed by atoms with Crippen LogP contribution in [0.2, 0.25) is 0 Å². The summed E-state index contributed by atoms with van der Waals surface area (Å²) >= 11 is 0. The van der Waals surface area contributed by atoms with Gasteiger partial charge in [-0.05, 0) is 42.8 Å². The number of aromatic nitrogens is 1. The van der Waals surface area contributed by atoms with E-state index in [-0.39, 0.29) is 22.9 Å². The average Bonchev–Trinajstić information content (AvgIpc) is 3.14. The highest BCUT2D eigenvalue weighted by atomic mass is 31.2. The van der Waals surface area contributed by atoms with Crippen molar-refractivity contribution in [2.24, 2.45) is 5.73 Å². The summed E-state index contributed by atoms with van der Waals surface area (Å²) in [6.07, 6.45) is 1.90. The first-order chi connectivity index (χ1) is 14.7. The van der Waals surface area contributed by atoms with E-state index in [0.29, 0.717) is 30.7 Å². The molecule has 1 aromatic heterocycles. The van der Waals surface area contributed by atoms with Gasteiger partial charge in [0.15, 0.2) is 0 Å². The average molecular weight is 447 g/mol. The van der Waals surface area contributed by atoms with Gasteiger partial charge < -0.3 is 34.6 Å². The third kappa shape index (κ3) is 4.11. The van der Waals surface area contributed by atoms with Gasteiger partial charge in [0.2, 0.25) is 5.43 Å². The van der Waals surface area contributed by atoms with Crippen molar-refractivity contribution in [3.8, 4) is 11.4 Å². The van der Waals surface area contributed by atoms with E-state index in [4.69, 9.17) is 20.0 Å². The zero-order chi connectivity index (χ0) is 22.3. The molecule has 1 atom stereocenters. The fraction of sp³-hybridized carbons (Fsp3) is 0.200. The molecule has 162 valence electrons. The summed E-state index contributed by atoms with van der Waals surface area (Å²) in [4.78, 5) is 44.1. The number of hydrogen-bond acceptors (Lipinski definition) is 7. The number of nitrogens with zero attached hydrogens (tertiary/aromatic N) is 2. The predicted octanol–water partition coefficient (Wildman–Crippen LogP) is 1.96. The molecule has 3 aromatic rings. The van der Waals surface area contributed by atoms with E-state index in [0.717, 1.165) is 6.07 Å². The van der Waals surface area contributed by atoms with Crippen LogP contribution in [0.25, 0.3) is 16.6 Å². The molecule has 1 saturated heterocycles. The Balaban J connectivity index is 1.92. The molecule has 0 spiro atoms. The zero-order valence-corrected chi connectivity index (χ0v) is 17.0. The van der Waals surface area contributed by atoms with Gasteiger partial charge >= 0.3 is 14.6 Å². The van der Waals surface area contributed by atoms with E-state index < -0.39 is 31.4 Å². The normalized spacial score (nSPS) is 16.3. The van der Waals surface area contributed by atoms with E-state index in [9.17, 15) is 19.1 Å². The number of aromatic carboxylic acids is 1. The largest absolute Gasteiger partial charge is 0.477 e. The lowest BCUT2D eigenvalue weighted by Crippen LogP contribution is -2.27. The van der Waals surface area contributed by atoms with Gasteiger partial charge in [0.1, 0.15) is 17.1 Å². The first kappa shape index (κ1) is 21.2. The summed E-state index contributed by atoms with van der Waals surface area (Å²) in [7, 11) is -2.59. The van der Waals surface area contributed by atoms with E-state index >= 15 is 0 Å². The Hall–Kier alpha value is -3.04. The quantitative estimate of drug-likeness (QED) is 0.436. The summed E-state index contributed by atoms with van der Waals surface area (Å²) in [6, 6.07) is 8.53. The number of fused-ring (bicyclic) bond motifs is 1. The van der Waals surface area contributed by atoms with Crippen molar-refractivity contribution in [2.45, 2.75) is 12.5 Å². The maximum absolute atomic E-state index is 14.9. The van der Waals surface area contributed by atoms with Gasteiger partial charge in [-0.15, -0.1) is 0 Å². The molecule has 0 aliphatic carbocycles. The van der Waals surface area contributed by atoms with Crippen LogP contribution < -0.4 is 20.6 Å². The van der Waals surface area contributed by atoms with Crippen molar-refractivity contribution in [1.29, 1.82) is 0 Å². The molecule has 1 aliphatic heterocycles. The van der Waals surface area contributed by atoms with E-state index in [1.807, 2.05) is 0 Å². The minimum atomic E-state index is -2.59. The molecule has 1 fully saturated rings. The molecular formula is C20H19FN3O6P. The Morgan fingerprint density at radius 3 is 2.52 bits per heavy atom. The molecule has 2 aromatic carbocycles.